The van der Waals surface area contributed by atoms with E-state index in [0.717, 1.165) is 69.1 Å². The monoisotopic (exact) mass is 757 g/mol. The average Bonchev–Trinajstić information content (AvgIpc) is 3.78. The van der Waals surface area contributed by atoms with Gasteiger partial charge in [0, 0.05) is 81.3 Å². The van der Waals surface area contributed by atoms with Gasteiger partial charge in [0.2, 0.25) is 0 Å². The summed E-state index contributed by atoms with van der Waals surface area (Å²) in [5.74, 6) is -0.801. The SMILES string of the molecule is CC(=O)c1cc2ccc(Br)cc2[nH]1.NC1CCCN(c2ccncc2)C1.NC1CCOC1.O=C(O)c1cc2ccc(Br)cc2s1. The Morgan fingerprint density at radius 2 is 1.69 bits per heavy atom. The molecule has 238 valence electrons. The standard InChI is InChI=1S/C10H8BrNO.C10H15N3.C9H5BrO2S.C4H9NO/c1-6(13)9-4-7-2-3-8(11)5-10(7)12-9;11-9-2-1-7-13(8-9)10-3-5-12-6-4-10;10-6-2-1-5-3-8(9(11)12)13-7(5)4-6;5-4-1-2-6-3-4/h2-5,12H,1H3;3-6,9H,1-2,7-8,11H2;1-4H,(H,11,12);4H,1-3,5H2. The van der Waals surface area contributed by atoms with E-state index in [2.05, 4.69) is 46.7 Å². The number of nitrogens with two attached hydrogens (primary N) is 2. The number of rotatable bonds is 3. The highest BCUT2D eigenvalue weighted by Gasteiger charge is 2.16. The molecule has 9 nitrogen and oxygen atoms in total. The summed E-state index contributed by atoms with van der Waals surface area (Å²) in [6.07, 6.45) is 7.05. The van der Waals surface area contributed by atoms with E-state index in [9.17, 15) is 9.59 Å². The number of H-pyrrole nitrogens is 1. The van der Waals surface area contributed by atoms with Crippen molar-refractivity contribution in [2.45, 2.75) is 38.3 Å². The number of piperidine rings is 1. The molecule has 0 saturated carbocycles. The van der Waals surface area contributed by atoms with Gasteiger partial charge in [0.25, 0.3) is 0 Å². The third-order valence-electron chi connectivity index (χ3n) is 7.11. The van der Waals surface area contributed by atoms with Crippen LogP contribution in [0.3, 0.4) is 0 Å². The third-order valence-corrected chi connectivity index (χ3v) is 9.18. The van der Waals surface area contributed by atoms with Crippen LogP contribution < -0.4 is 16.4 Å². The minimum atomic E-state index is -0.864. The number of ketones is 1. The van der Waals surface area contributed by atoms with Crippen LogP contribution in [0.4, 0.5) is 5.69 Å². The highest BCUT2D eigenvalue weighted by Crippen LogP contribution is 2.28. The summed E-state index contributed by atoms with van der Waals surface area (Å²) in [7, 11) is 0. The first-order valence-corrected chi connectivity index (χ1v) is 16.9. The number of hydrogen-bond donors (Lipinski definition) is 4. The predicted octanol–water partition coefficient (Wildman–Crippen LogP) is 7.24. The molecule has 5 aromatic rings. The number of Topliss-reactive ketones (excluding diaryl/α,β-unsaturated/α-hetero) is 1. The van der Waals surface area contributed by atoms with Crippen LogP contribution >= 0.6 is 43.2 Å². The Hall–Kier alpha value is -3.13. The van der Waals surface area contributed by atoms with Gasteiger partial charge >= 0.3 is 5.97 Å². The Bertz CT molecular complexity index is 1620. The molecule has 0 amide bonds. The normalized spacial score (nSPS) is 17.4. The lowest BCUT2D eigenvalue weighted by molar-refractivity contribution is 0.0702. The van der Waals surface area contributed by atoms with Crippen molar-refractivity contribution in [3.8, 4) is 0 Å². The number of aromatic nitrogens is 2. The second-order valence-corrected chi connectivity index (χ2v) is 13.7. The number of aromatic amines is 1. The van der Waals surface area contributed by atoms with Gasteiger partial charge in [0.1, 0.15) is 4.88 Å². The molecule has 7 rings (SSSR count). The molecule has 6 N–H and O–H groups in total. The van der Waals surface area contributed by atoms with Crippen LogP contribution in [0.15, 0.2) is 82.0 Å². The number of thiophene rings is 1. The van der Waals surface area contributed by atoms with Crippen molar-refractivity contribution < 1.29 is 19.4 Å². The van der Waals surface area contributed by atoms with Crippen molar-refractivity contribution in [1.29, 1.82) is 0 Å². The molecule has 2 saturated heterocycles. The van der Waals surface area contributed by atoms with E-state index in [1.54, 1.807) is 13.0 Å². The van der Waals surface area contributed by atoms with Crippen molar-refractivity contribution in [2.24, 2.45) is 11.5 Å². The second kappa shape index (κ2) is 17.0. The largest absolute Gasteiger partial charge is 0.477 e. The van der Waals surface area contributed by atoms with Crippen LogP contribution in [0.25, 0.3) is 21.0 Å². The predicted molar refractivity (Wildman–Crippen MR) is 190 cm³/mol. The lowest BCUT2D eigenvalue weighted by Gasteiger charge is -2.32. The number of fused-ring (bicyclic) bond motifs is 2. The van der Waals surface area contributed by atoms with Gasteiger partial charge in [0.15, 0.2) is 5.78 Å². The van der Waals surface area contributed by atoms with Gasteiger partial charge in [-0.3, -0.25) is 9.78 Å². The lowest BCUT2D eigenvalue weighted by atomic mass is 10.1. The minimum Gasteiger partial charge on any atom is -0.477 e. The lowest BCUT2D eigenvalue weighted by Crippen LogP contribution is -2.42. The van der Waals surface area contributed by atoms with Crippen molar-refractivity contribution >= 4 is 81.6 Å². The number of carboxylic acids is 1. The highest BCUT2D eigenvalue weighted by atomic mass is 79.9. The first kappa shape index (κ1) is 34.7. The number of hydrogen-bond acceptors (Lipinski definition) is 8. The molecular formula is C33H37Br2N5O4S. The molecule has 2 aliphatic heterocycles. The molecule has 0 aliphatic carbocycles. The molecule has 2 unspecified atom stereocenters. The first-order valence-electron chi connectivity index (χ1n) is 14.5. The number of anilines is 1. The van der Waals surface area contributed by atoms with Gasteiger partial charge in [-0.15, -0.1) is 11.3 Å². The zero-order chi connectivity index (χ0) is 32.3. The van der Waals surface area contributed by atoms with E-state index >= 15 is 0 Å². The van der Waals surface area contributed by atoms with Crippen LogP contribution in [0.5, 0.6) is 0 Å². The summed E-state index contributed by atoms with van der Waals surface area (Å²) in [5.41, 5.74) is 14.2. The van der Waals surface area contributed by atoms with E-state index in [1.165, 1.54) is 23.4 Å². The van der Waals surface area contributed by atoms with Crippen molar-refractivity contribution in [3.63, 3.8) is 0 Å². The Morgan fingerprint density at radius 3 is 2.29 bits per heavy atom. The van der Waals surface area contributed by atoms with Crippen LogP contribution in [0.1, 0.15) is 46.3 Å². The average molecular weight is 760 g/mol. The zero-order valence-electron chi connectivity index (χ0n) is 24.9. The van der Waals surface area contributed by atoms with Gasteiger partial charge in [-0.25, -0.2) is 4.79 Å². The summed E-state index contributed by atoms with van der Waals surface area (Å²) >= 11 is 8.00. The number of nitrogens with one attached hydrogen (secondary N) is 1. The van der Waals surface area contributed by atoms with Gasteiger partial charge in [0.05, 0.1) is 12.3 Å². The van der Waals surface area contributed by atoms with Crippen LogP contribution in [0.2, 0.25) is 0 Å². The summed E-state index contributed by atoms with van der Waals surface area (Å²) in [5, 5.41) is 10.8. The Kier molecular flexibility index (Phi) is 13.1. The molecular weight excluding hydrogens is 722 g/mol. The maximum atomic E-state index is 11.1. The molecule has 2 atom stereocenters. The Morgan fingerprint density at radius 1 is 0.978 bits per heavy atom. The molecule has 3 aromatic heterocycles. The number of carbonyl (C=O) groups excluding carboxylic acids is 1. The smallest absolute Gasteiger partial charge is 0.345 e. The molecule has 2 aliphatic rings. The Balaban J connectivity index is 0.000000141. The number of nitrogens with zero attached hydrogens (tertiary/aromatic N) is 2. The van der Waals surface area contributed by atoms with Crippen molar-refractivity contribution in [1.82, 2.24) is 9.97 Å². The molecule has 12 heteroatoms. The number of ether oxygens (including phenoxy) is 1. The van der Waals surface area contributed by atoms with Crippen molar-refractivity contribution in [3.05, 3.63) is 92.6 Å². The molecule has 0 bridgehead atoms. The minimum absolute atomic E-state index is 0.0623. The number of aromatic carboxylic acids is 1. The maximum Gasteiger partial charge on any atom is 0.345 e. The third kappa shape index (κ3) is 10.7. The van der Waals surface area contributed by atoms with Crippen LogP contribution in [0, 0.1) is 0 Å². The summed E-state index contributed by atoms with van der Waals surface area (Å²) in [6, 6.07) is 19.9. The molecule has 0 radical (unpaired) electrons. The Labute approximate surface area is 283 Å². The molecule has 0 spiro atoms. The molecule has 5 heterocycles. The van der Waals surface area contributed by atoms with Gasteiger partial charge in [-0.2, -0.15) is 0 Å². The fraction of sp³-hybridized carbons (Fsp3) is 0.303. The highest BCUT2D eigenvalue weighted by molar-refractivity contribution is 9.10. The molecule has 2 aromatic carbocycles. The van der Waals surface area contributed by atoms with E-state index in [4.69, 9.17) is 21.3 Å². The van der Waals surface area contributed by atoms with Crippen molar-refractivity contribution in [2.75, 3.05) is 31.2 Å². The fourth-order valence-corrected chi connectivity index (χ4v) is 6.57. The molecule has 2 fully saturated rings. The maximum absolute atomic E-state index is 11.1. The topological polar surface area (TPSA) is 148 Å². The van der Waals surface area contributed by atoms with Crippen LogP contribution in [-0.2, 0) is 4.74 Å². The van der Waals surface area contributed by atoms with E-state index in [1.807, 2.05) is 67.0 Å². The van der Waals surface area contributed by atoms with E-state index in [0.29, 0.717) is 22.7 Å². The summed E-state index contributed by atoms with van der Waals surface area (Å²) in [6.45, 7) is 5.28. The molecule has 45 heavy (non-hydrogen) atoms. The van der Waals surface area contributed by atoms with Gasteiger partial charge in [-0.05, 0) is 73.2 Å². The van der Waals surface area contributed by atoms with Gasteiger partial charge in [-0.1, -0.05) is 44.0 Å². The second-order valence-electron chi connectivity index (χ2n) is 10.7. The number of pyridine rings is 1. The summed E-state index contributed by atoms with van der Waals surface area (Å²) in [4.78, 5) is 31.5. The van der Waals surface area contributed by atoms with E-state index in [-0.39, 0.29) is 5.78 Å². The number of carbonyl (C=O) groups is 2. The number of benzene rings is 2. The fourth-order valence-electron chi connectivity index (χ4n) is 4.75. The summed E-state index contributed by atoms with van der Waals surface area (Å²) < 4.78 is 7.91. The quantitative estimate of drug-likeness (QED) is 0.141. The van der Waals surface area contributed by atoms with Crippen LogP contribution in [-0.4, -0.2) is 65.2 Å². The number of carboxylic acid groups (broad SMARTS) is 1. The first-order chi connectivity index (χ1) is 21.6. The number of halogens is 2. The van der Waals surface area contributed by atoms with Gasteiger partial charge < -0.3 is 31.2 Å². The van der Waals surface area contributed by atoms with E-state index < -0.39 is 5.97 Å². The zero-order valence-corrected chi connectivity index (χ0v) is 28.9.